The second-order valence-corrected chi connectivity index (χ2v) is 2.87. The van der Waals surface area contributed by atoms with Gasteiger partial charge in [-0.3, -0.25) is 0 Å². The number of hydrogen-bond acceptors (Lipinski definition) is 3. The molecule has 3 nitrogen and oxygen atoms in total. The van der Waals surface area contributed by atoms with Crippen LogP contribution in [0.15, 0.2) is 24.3 Å². The summed E-state index contributed by atoms with van der Waals surface area (Å²) < 4.78 is 0. The van der Waals surface area contributed by atoms with Crippen molar-refractivity contribution in [3.63, 3.8) is 0 Å². The molecule has 0 aromatic heterocycles. The van der Waals surface area contributed by atoms with Crippen LogP contribution in [-0.2, 0) is 4.94 Å². The molecule has 0 radical (unpaired) electrons. The number of nitrogens with one attached hydrogen (secondary N) is 1. The lowest BCUT2D eigenvalue weighted by Gasteiger charge is -2.11. The summed E-state index contributed by atoms with van der Waals surface area (Å²) in [5.41, 5.74) is 4.99. The normalized spacial score (nSPS) is 10.3. The first-order valence-electron chi connectivity index (χ1n) is 3.85. The fraction of sp³-hybridized carbons (Fsp3) is 0.333. The van der Waals surface area contributed by atoms with Crippen LogP contribution in [0.5, 0.6) is 0 Å². The molecule has 66 valence electrons. The van der Waals surface area contributed by atoms with E-state index in [0.717, 1.165) is 5.69 Å². The van der Waals surface area contributed by atoms with Gasteiger partial charge in [-0.25, -0.2) is 5.48 Å². The molecular weight excluding hydrogens is 152 g/mol. The molecule has 1 rings (SSSR count). The van der Waals surface area contributed by atoms with E-state index in [2.05, 4.69) is 12.4 Å². The fourth-order valence-corrected chi connectivity index (χ4v) is 0.766. The average molecular weight is 166 g/mol. The monoisotopic (exact) mass is 166 g/mol. The molecule has 0 heterocycles. The second kappa shape index (κ2) is 4.09. The smallest absolute Gasteiger partial charge is 0.0623 e. The lowest BCUT2D eigenvalue weighted by molar-refractivity contribution is -0.0868. The van der Waals surface area contributed by atoms with Crippen LogP contribution in [0.1, 0.15) is 5.56 Å². The number of aryl methyl sites for hydroxylation is 1. The van der Waals surface area contributed by atoms with E-state index in [1.807, 2.05) is 38.4 Å². The van der Waals surface area contributed by atoms with Crippen LogP contribution in [0.25, 0.3) is 0 Å². The highest BCUT2D eigenvalue weighted by molar-refractivity contribution is 5.42. The number of hydroxylamine groups is 2. The maximum atomic E-state index is 5.05. The van der Waals surface area contributed by atoms with E-state index in [-0.39, 0.29) is 0 Å². The Morgan fingerprint density at radius 1 is 1.17 bits per heavy atom. The number of nitrogens with zero attached hydrogens (tertiary/aromatic N) is 1. The first-order valence-corrected chi connectivity index (χ1v) is 3.85. The van der Waals surface area contributed by atoms with Crippen LogP contribution in [0.4, 0.5) is 5.69 Å². The summed E-state index contributed by atoms with van der Waals surface area (Å²) >= 11 is 0. The zero-order valence-electron chi connectivity index (χ0n) is 7.66. The Balaban J connectivity index is 2.48. The molecule has 3 heteroatoms. The summed E-state index contributed by atoms with van der Waals surface area (Å²) in [7, 11) is 3.64. The summed E-state index contributed by atoms with van der Waals surface area (Å²) in [5, 5.41) is 1.60. The molecule has 0 aliphatic rings. The van der Waals surface area contributed by atoms with Gasteiger partial charge in [0.2, 0.25) is 0 Å². The van der Waals surface area contributed by atoms with E-state index in [9.17, 15) is 0 Å². The molecule has 0 saturated carbocycles. The van der Waals surface area contributed by atoms with E-state index < -0.39 is 0 Å². The fourth-order valence-electron chi connectivity index (χ4n) is 0.766. The zero-order valence-corrected chi connectivity index (χ0v) is 7.66. The molecule has 0 aliphatic carbocycles. The number of hydrogen-bond donors (Lipinski definition) is 1. The van der Waals surface area contributed by atoms with Gasteiger partial charge in [-0.05, 0) is 19.1 Å². The van der Waals surface area contributed by atoms with Gasteiger partial charge < -0.3 is 0 Å². The maximum Gasteiger partial charge on any atom is 0.0623 e. The molecule has 1 N–H and O–H groups in total. The van der Waals surface area contributed by atoms with Gasteiger partial charge >= 0.3 is 0 Å². The van der Waals surface area contributed by atoms with E-state index in [4.69, 9.17) is 4.94 Å². The quantitative estimate of drug-likeness (QED) is 0.693. The van der Waals surface area contributed by atoms with Crippen LogP contribution in [-0.4, -0.2) is 19.2 Å². The van der Waals surface area contributed by atoms with Crippen molar-refractivity contribution in [2.24, 2.45) is 0 Å². The SMILES string of the molecule is Cc1ccc(NON(C)C)cc1. The van der Waals surface area contributed by atoms with Crippen LogP contribution in [0.3, 0.4) is 0 Å². The van der Waals surface area contributed by atoms with Crippen molar-refractivity contribution < 1.29 is 4.94 Å². The van der Waals surface area contributed by atoms with Crippen molar-refractivity contribution in [3.05, 3.63) is 29.8 Å². The third-order valence-electron chi connectivity index (χ3n) is 1.40. The lowest BCUT2D eigenvalue weighted by Crippen LogP contribution is -2.16. The van der Waals surface area contributed by atoms with E-state index >= 15 is 0 Å². The van der Waals surface area contributed by atoms with Crippen molar-refractivity contribution in [3.8, 4) is 0 Å². The van der Waals surface area contributed by atoms with Crippen LogP contribution < -0.4 is 5.48 Å². The first kappa shape index (κ1) is 9.03. The third-order valence-corrected chi connectivity index (χ3v) is 1.40. The third kappa shape index (κ3) is 2.90. The van der Waals surface area contributed by atoms with E-state index in [1.165, 1.54) is 5.56 Å². The lowest BCUT2D eigenvalue weighted by atomic mass is 10.2. The Morgan fingerprint density at radius 2 is 1.75 bits per heavy atom. The van der Waals surface area contributed by atoms with Gasteiger partial charge in [-0.1, -0.05) is 17.7 Å². The van der Waals surface area contributed by atoms with E-state index in [0.29, 0.717) is 0 Å². The molecule has 12 heavy (non-hydrogen) atoms. The molecule has 0 amide bonds. The Morgan fingerprint density at radius 3 is 2.25 bits per heavy atom. The molecule has 0 saturated heterocycles. The second-order valence-electron chi connectivity index (χ2n) is 2.87. The molecular formula is C9H14N2O. The highest BCUT2D eigenvalue weighted by atomic mass is 16.8. The van der Waals surface area contributed by atoms with Gasteiger partial charge in [0.15, 0.2) is 0 Å². The summed E-state index contributed by atoms with van der Waals surface area (Å²) in [6.07, 6.45) is 0. The van der Waals surface area contributed by atoms with Gasteiger partial charge in [-0.2, -0.15) is 10.0 Å². The molecule has 0 bridgehead atoms. The van der Waals surface area contributed by atoms with Crippen molar-refractivity contribution in [1.82, 2.24) is 5.06 Å². The van der Waals surface area contributed by atoms with Crippen LogP contribution >= 0.6 is 0 Å². The topological polar surface area (TPSA) is 24.5 Å². The predicted molar refractivity (Wildman–Crippen MR) is 49.6 cm³/mol. The summed E-state index contributed by atoms with van der Waals surface area (Å²) in [6, 6.07) is 8.00. The van der Waals surface area contributed by atoms with Gasteiger partial charge in [0.05, 0.1) is 5.69 Å². The van der Waals surface area contributed by atoms with Gasteiger partial charge in [0.25, 0.3) is 0 Å². The van der Waals surface area contributed by atoms with Gasteiger partial charge in [0.1, 0.15) is 0 Å². The summed E-state index contributed by atoms with van der Waals surface area (Å²) in [6.45, 7) is 2.05. The number of rotatable bonds is 3. The molecule has 1 aromatic carbocycles. The molecule has 0 aliphatic heterocycles. The van der Waals surface area contributed by atoms with Crippen molar-refractivity contribution in [2.45, 2.75) is 6.92 Å². The molecule has 0 fully saturated rings. The number of benzene rings is 1. The van der Waals surface area contributed by atoms with E-state index in [1.54, 1.807) is 5.06 Å². The summed E-state index contributed by atoms with van der Waals surface area (Å²) in [5.74, 6) is 0. The highest BCUT2D eigenvalue weighted by Gasteiger charge is 1.91. The minimum atomic E-state index is 0.953. The standard InChI is InChI=1S/C9H14N2O/c1-8-4-6-9(7-5-8)10-12-11(2)3/h4-7,10H,1-3H3. The highest BCUT2D eigenvalue weighted by Crippen LogP contribution is 2.08. The Hall–Kier alpha value is -1.06. The Kier molecular flexibility index (Phi) is 3.08. The van der Waals surface area contributed by atoms with Gasteiger partial charge in [-0.15, -0.1) is 0 Å². The molecule has 0 atom stereocenters. The van der Waals surface area contributed by atoms with Crippen molar-refractivity contribution >= 4 is 5.69 Å². The van der Waals surface area contributed by atoms with Crippen molar-refractivity contribution in [1.29, 1.82) is 0 Å². The predicted octanol–water partition coefficient (Wildman–Crippen LogP) is 1.82. The van der Waals surface area contributed by atoms with Crippen LogP contribution in [0.2, 0.25) is 0 Å². The Bertz CT molecular complexity index is 231. The molecule has 0 spiro atoms. The minimum Gasteiger partial charge on any atom is -0.248 e. The van der Waals surface area contributed by atoms with Crippen molar-refractivity contribution in [2.75, 3.05) is 19.6 Å². The minimum absolute atomic E-state index is 0.953. The Labute approximate surface area is 72.9 Å². The average Bonchev–Trinajstić information content (AvgIpc) is 2.03. The first-order chi connectivity index (χ1) is 5.68. The largest absolute Gasteiger partial charge is 0.248 e. The maximum absolute atomic E-state index is 5.05. The zero-order chi connectivity index (χ0) is 8.97. The molecule has 1 aromatic rings. The van der Waals surface area contributed by atoms with Crippen LogP contribution in [0, 0.1) is 6.92 Å². The number of anilines is 1. The van der Waals surface area contributed by atoms with Gasteiger partial charge in [0, 0.05) is 14.1 Å². The summed E-state index contributed by atoms with van der Waals surface area (Å²) in [4.78, 5) is 5.05. The molecule has 0 unspecified atom stereocenters.